The van der Waals surface area contributed by atoms with Gasteiger partial charge < -0.3 is 25.4 Å². The van der Waals surface area contributed by atoms with Crippen molar-refractivity contribution >= 4 is 75.1 Å². The van der Waals surface area contributed by atoms with Gasteiger partial charge in [0.2, 0.25) is 6.29 Å². The number of hydrogen-bond acceptors (Lipinski definition) is 14. The molecule has 0 saturated carbocycles. The number of anilines is 1. The maximum Gasteiger partial charge on any atom is 0.358 e. The number of hydrogen-bond donors (Lipinski definition) is 2. The lowest BCUT2D eigenvalue weighted by Crippen LogP contribution is -2.71. The van der Waals surface area contributed by atoms with Crippen molar-refractivity contribution in [3.05, 3.63) is 44.5 Å². The minimum Gasteiger partial charge on any atom is -0.426 e. The number of nitrogens with zero attached hydrogens (tertiary/aromatic N) is 4. The third-order valence-electron chi connectivity index (χ3n) is 5.46. The van der Waals surface area contributed by atoms with Crippen LogP contribution in [-0.4, -0.2) is 74.9 Å². The predicted molar refractivity (Wildman–Crippen MR) is 145 cm³/mol. The van der Waals surface area contributed by atoms with Gasteiger partial charge in [-0.25, -0.2) is 14.8 Å². The molecule has 206 valence electrons. The number of ether oxygens (including phenoxy) is 2. The molecule has 0 aromatic carbocycles. The van der Waals surface area contributed by atoms with Crippen LogP contribution in [0, 0.1) is 6.92 Å². The second-order valence-corrected chi connectivity index (χ2v) is 11.0. The highest BCUT2D eigenvalue weighted by atomic mass is 32.2. The van der Waals surface area contributed by atoms with Gasteiger partial charge in [-0.1, -0.05) is 11.2 Å². The van der Waals surface area contributed by atoms with Crippen LogP contribution < -0.4 is 11.1 Å². The number of fused-ring (bicyclic) bond motifs is 1. The van der Waals surface area contributed by atoms with E-state index >= 15 is 0 Å². The lowest BCUT2D eigenvalue weighted by Gasteiger charge is -2.49. The first-order valence-electron chi connectivity index (χ1n) is 11.4. The number of β-lactam (4-membered cyclic amide) rings is 1. The van der Waals surface area contributed by atoms with Crippen molar-refractivity contribution in [3.63, 3.8) is 0 Å². The molecule has 1 saturated heterocycles. The molecular formula is C23H24N6O7S3. The highest BCUT2D eigenvalue weighted by Gasteiger charge is 2.54. The molecule has 0 bridgehead atoms. The summed E-state index contributed by atoms with van der Waals surface area (Å²) in [6, 6.07) is -0.955. The quantitative estimate of drug-likeness (QED) is 0.142. The molecule has 4 heterocycles. The number of allylic oxidation sites excluding steroid dienone is 1. The molecule has 0 radical (unpaired) electrons. The Morgan fingerprint density at radius 2 is 2.05 bits per heavy atom. The molecule has 3 atom stereocenters. The maximum atomic E-state index is 13.3. The highest BCUT2D eigenvalue weighted by Crippen LogP contribution is 2.41. The summed E-state index contributed by atoms with van der Waals surface area (Å²) in [5, 5.41) is 7.58. The number of nitrogen functional groups attached to an aromatic ring is 1. The average molecular weight is 593 g/mol. The minimum atomic E-state index is -1.17. The number of oxime groups is 1. The van der Waals surface area contributed by atoms with Gasteiger partial charge in [0, 0.05) is 29.9 Å². The highest BCUT2D eigenvalue weighted by molar-refractivity contribution is 8.00. The van der Waals surface area contributed by atoms with Gasteiger partial charge in [-0.15, -0.1) is 34.4 Å². The van der Waals surface area contributed by atoms with Crippen LogP contribution in [0.3, 0.4) is 0 Å². The molecule has 2 aliphatic heterocycles. The summed E-state index contributed by atoms with van der Waals surface area (Å²) in [5.41, 5.74) is 8.79. The van der Waals surface area contributed by atoms with Crippen LogP contribution in [0.25, 0.3) is 6.08 Å². The summed E-state index contributed by atoms with van der Waals surface area (Å²) in [4.78, 5) is 66.0. The Hall–Kier alpha value is -3.76. The van der Waals surface area contributed by atoms with E-state index in [0.29, 0.717) is 11.3 Å². The van der Waals surface area contributed by atoms with E-state index in [-0.39, 0.29) is 22.2 Å². The van der Waals surface area contributed by atoms with E-state index in [1.165, 1.54) is 49.0 Å². The smallest absolute Gasteiger partial charge is 0.358 e. The van der Waals surface area contributed by atoms with E-state index in [4.69, 9.17) is 20.0 Å². The van der Waals surface area contributed by atoms with Gasteiger partial charge in [-0.2, -0.15) is 0 Å². The van der Waals surface area contributed by atoms with Gasteiger partial charge in [0.05, 0.1) is 11.2 Å². The zero-order valence-electron chi connectivity index (χ0n) is 21.2. The average Bonchev–Trinajstić information content (AvgIpc) is 3.50. The van der Waals surface area contributed by atoms with Gasteiger partial charge >= 0.3 is 11.9 Å². The number of amides is 2. The van der Waals surface area contributed by atoms with Gasteiger partial charge in [-0.05, 0) is 18.6 Å². The summed E-state index contributed by atoms with van der Waals surface area (Å²) < 4.78 is 10.2. The Morgan fingerprint density at radius 3 is 2.67 bits per heavy atom. The molecule has 2 aromatic heterocycles. The monoisotopic (exact) mass is 592 g/mol. The van der Waals surface area contributed by atoms with Crippen molar-refractivity contribution in [1.29, 1.82) is 0 Å². The molecule has 4 rings (SSSR count). The number of thioether (sulfide) groups is 1. The van der Waals surface area contributed by atoms with E-state index in [9.17, 15) is 19.2 Å². The van der Waals surface area contributed by atoms with Gasteiger partial charge in [0.15, 0.2) is 10.8 Å². The number of carbonyl (C=O) groups excluding carboxylic acids is 4. The molecular weight excluding hydrogens is 568 g/mol. The molecule has 2 amide bonds. The van der Waals surface area contributed by atoms with Crippen LogP contribution in [0.2, 0.25) is 0 Å². The molecule has 1 fully saturated rings. The lowest BCUT2D eigenvalue weighted by molar-refractivity contribution is -0.182. The zero-order chi connectivity index (χ0) is 28.3. The maximum absolute atomic E-state index is 13.3. The number of rotatable bonds is 9. The van der Waals surface area contributed by atoms with Crippen molar-refractivity contribution < 1.29 is 33.5 Å². The van der Waals surface area contributed by atoms with Crippen LogP contribution in [0.15, 0.2) is 33.4 Å². The van der Waals surface area contributed by atoms with Crippen molar-refractivity contribution in [2.75, 3.05) is 18.6 Å². The largest absolute Gasteiger partial charge is 0.426 e. The van der Waals surface area contributed by atoms with E-state index in [2.05, 4.69) is 20.4 Å². The van der Waals surface area contributed by atoms with E-state index in [1.807, 2.05) is 13.0 Å². The molecule has 2 aliphatic rings. The first kappa shape index (κ1) is 28.3. The van der Waals surface area contributed by atoms with Crippen molar-refractivity contribution in [2.45, 2.75) is 38.5 Å². The fraction of sp³-hybridized carbons (Fsp3) is 0.348. The van der Waals surface area contributed by atoms with Crippen LogP contribution in [-0.2, 0) is 33.5 Å². The second kappa shape index (κ2) is 12.0. The zero-order valence-corrected chi connectivity index (χ0v) is 23.6. The van der Waals surface area contributed by atoms with Gasteiger partial charge in [-0.3, -0.25) is 19.3 Å². The number of aryl methyl sites for hydroxylation is 1. The summed E-state index contributed by atoms with van der Waals surface area (Å²) >= 11 is 3.92. The van der Waals surface area contributed by atoms with E-state index in [1.54, 1.807) is 17.0 Å². The Labute approximate surface area is 235 Å². The number of carbonyl (C=O) groups is 4. The van der Waals surface area contributed by atoms with Crippen LogP contribution in [0.4, 0.5) is 5.13 Å². The molecule has 0 spiro atoms. The van der Waals surface area contributed by atoms with E-state index in [0.717, 1.165) is 21.9 Å². The lowest BCUT2D eigenvalue weighted by atomic mass is 10.0. The van der Waals surface area contributed by atoms with Gasteiger partial charge in [0.1, 0.15) is 29.9 Å². The molecule has 0 aliphatic carbocycles. The summed E-state index contributed by atoms with van der Waals surface area (Å²) in [6.45, 7) is 4.45. The normalized spacial score (nSPS) is 19.8. The Kier molecular flexibility index (Phi) is 8.66. The number of nitrogens with two attached hydrogens (primary N) is 1. The third-order valence-corrected chi connectivity index (χ3v) is 8.34. The number of thiazole rings is 2. The molecule has 16 heteroatoms. The van der Waals surface area contributed by atoms with Crippen molar-refractivity contribution in [2.24, 2.45) is 5.16 Å². The third kappa shape index (κ3) is 6.12. The summed E-state index contributed by atoms with van der Waals surface area (Å²) in [6.07, 6.45) is 2.36. The van der Waals surface area contributed by atoms with Crippen LogP contribution in [0.1, 0.15) is 30.1 Å². The predicted octanol–water partition coefficient (Wildman–Crippen LogP) is 1.66. The SMILES string of the molecule is CON=C(C(=O)NC1C(=O)N2C(C(=O)OC(C)OC(C)=O)=C(C=Cc3scnc3C)CS[C@H]12)c1csc(N)n1. The first-order chi connectivity index (χ1) is 18.6. The molecule has 3 N–H and O–H groups in total. The van der Waals surface area contributed by atoms with Gasteiger partial charge in [0.25, 0.3) is 11.8 Å². The van der Waals surface area contributed by atoms with Crippen LogP contribution in [0.5, 0.6) is 0 Å². The second-order valence-electron chi connectivity index (χ2n) is 8.15. The van der Waals surface area contributed by atoms with Crippen LogP contribution >= 0.6 is 34.4 Å². The standard InChI is InChI=1S/C23H24N6O7S3/c1-10-15(39-9-25-10)6-5-13-7-37-21-17(27-19(31)16(28-34-4)14-8-38-23(24)26-14)20(32)29(21)18(13)22(33)36-12(3)35-11(2)30/h5-6,8-9,12,17,21H,7H2,1-4H3,(H2,24,26)(H,27,31)/t12?,17?,21-/m1/s1. The Morgan fingerprint density at radius 1 is 1.28 bits per heavy atom. The van der Waals surface area contributed by atoms with Crippen molar-refractivity contribution in [3.8, 4) is 0 Å². The Balaban J connectivity index is 1.59. The molecule has 2 unspecified atom stereocenters. The molecule has 2 aromatic rings. The fourth-order valence-electron chi connectivity index (χ4n) is 3.77. The topological polar surface area (TPSA) is 175 Å². The van der Waals surface area contributed by atoms with Crippen molar-refractivity contribution in [1.82, 2.24) is 20.2 Å². The number of esters is 2. The Bertz CT molecular complexity index is 1400. The van der Waals surface area contributed by atoms with E-state index < -0.39 is 41.5 Å². The minimum absolute atomic E-state index is 0.00438. The number of aromatic nitrogens is 2. The molecule has 39 heavy (non-hydrogen) atoms. The fourth-order valence-corrected chi connectivity index (χ4v) is 6.33. The molecule has 13 nitrogen and oxygen atoms in total. The summed E-state index contributed by atoms with van der Waals surface area (Å²) in [5.74, 6) is -2.35. The number of nitrogens with one attached hydrogen (secondary N) is 1. The first-order valence-corrected chi connectivity index (χ1v) is 14.2. The summed E-state index contributed by atoms with van der Waals surface area (Å²) in [7, 11) is 1.28.